The summed E-state index contributed by atoms with van der Waals surface area (Å²) in [5.74, 6) is -0.214. The molecule has 0 saturated heterocycles. The van der Waals surface area contributed by atoms with Crippen molar-refractivity contribution < 1.29 is 4.79 Å². The van der Waals surface area contributed by atoms with Crippen molar-refractivity contribution in [2.75, 3.05) is 0 Å². The molecule has 1 N–H and O–H groups in total. The number of ketones is 1. The van der Waals surface area contributed by atoms with E-state index in [1.54, 1.807) is 24.3 Å². The summed E-state index contributed by atoms with van der Waals surface area (Å²) < 4.78 is 2.22. The lowest BCUT2D eigenvalue weighted by atomic mass is 10.1. The zero-order chi connectivity index (χ0) is 14.0. The Morgan fingerprint density at radius 3 is 2.42 bits per heavy atom. The maximum Gasteiger partial charge on any atom is 0.328 e. The van der Waals surface area contributed by atoms with Crippen molar-refractivity contribution in [3.63, 3.8) is 0 Å². The van der Waals surface area contributed by atoms with Crippen LogP contribution in [0.4, 0.5) is 0 Å². The van der Waals surface area contributed by atoms with Gasteiger partial charge in [-0.25, -0.2) is 4.79 Å². The highest BCUT2D eigenvalue weighted by Gasteiger charge is 2.09. The van der Waals surface area contributed by atoms with Gasteiger partial charge >= 0.3 is 5.69 Å². The van der Waals surface area contributed by atoms with E-state index in [4.69, 9.17) is 0 Å². The number of H-pyrrole nitrogens is 1. The predicted octanol–water partition coefficient (Wildman–Crippen LogP) is 1.94. The van der Waals surface area contributed by atoms with Crippen LogP contribution in [-0.2, 0) is 6.54 Å². The van der Waals surface area contributed by atoms with Crippen LogP contribution in [0, 0.1) is 0 Å². The van der Waals surface area contributed by atoms with Gasteiger partial charge in [0.15, 0.2) is 5.78 Å². The Balaban J connectivity index is 2.29. The number of halogens is 2. The quantitative estimate of drug-likeness (QED) is 0.818. The monoisotopic (exact) mass is 386 g/mol. The molecule has 0 amide bonds. The van der Waals surface area contributed by atoms with Crippen LogP contribution in [-0.4, -0.2) is 15.3 Å². The second-order valence-electron chi connectivity index (χ2n) is 3.79. The Bertz CT molecular complexity index is 732. The fourth-order valence-electron chi connectivity index (χ4n) is 1.48. The van der Waals surface area contributed by atoms with Gasteiger partial charge in [0.2, 0.25) is 0 Å². The van der Waals surface area contributed by atoms with E-state index in [9.17, 15) is 14.4 Å². The van der Waals surface area contributed by atoms with E-state index in [0.717, 1.165) is 9.04 Å². The number of aromatic amines is 1. The molecule has 7 heteroatoms. The van der Waals surface area contributed by atoms with E-state index in [1.165, 1.54) is 6.20 Å². The first kappa shape index (κ1) is 14.0. The largest absolute Gasteiger partial charge is 0.328 e. The summed E-state index contributed by atoms with van der Waals surface area (Å²) in [7, 11) is 0. The van der Waals surface area contributed by atoms with Gasteiger partial charge in [0.05, 0.1) is 11.0 Å². The highest BCUT2D eigenvalue weighted by atomic mass is 79.9. The molecular weight excluding hydrogens is 380 g/mol. The van der Waals surface area contributed by atoms with E-state index in [2.05, 4.69) is 36.8 Å². The standard InChI is InChI=1S/C12H8Br2N2O3/c13-8-3-1-7(2-4-8)10(17)6-16-5-9(14)11(18)15-12(16)19/h1-5H,6H2,(H,15,18,19). The van der Waals surface area contributed by atoms with Crippen LogP contribution >= 0.6 is 31.9 Å². The second-order valence-corrected chi connectivity index (χ2v) is 5.56. The maximum absolute atomic E-state index is 12.0. The van der Waals surface area contributed by atoms with Crippen LogP contribution in [0.1, 0.15) is 10.4 Å². The zero-order valence-corrected chi connectivity index (χ0v) is 12.7. The van der Waals surface area contributed by atoms with Crippen LogP contribution in [0.2, 0.25) is 0 Å². The number of carbonyl (C=O) groups excluding carboxylic acids is 1. The normalized spacial score (nSPS) is 10.4. The number of rotatable bonds is 3. The van der Waals surface area contributed by atoms with Gasteiger partial charge in [-0.05, 0) is 28.1 Å². The van der Waals surface area contributed by atoms with Gasteiger partial charge in [0.1, 0.15) is 0 Å². The third kappa shape index (κ3) is 3.30. The van der Waals surface area contributed by atoms with Crippen molar-refractivity contribution >= 4 is 37.6 Å². The van der Waals surface area contributed by atoms with Crippen molar-refractivity contribution in [3.8, 4) is 0 Å². The number of benzene rings is 1. The number of hydrogen-bond donors (Lipinski definition) is 1. The minimum absolute atomic E-state index is 0.129. The Hall–Kier alpha value is -1.47. The van der Waals surface area contributed by atoms with E-state index in [0.29, 0.717) is 5.56 Å². The molecule has 2 aromatic rings. The van der Waals surface area contributed by atoms with Crippen molar-refractivity contribution in [1.29, 1.82) is 0 Å². The molecule has 0 atom stereocenters. The lowest BCUT2D eigenvalue weighted by Gasteiger charge is -2.05. The van der Waals surface area contributed by atoms with Crippen molar-refractivity contribution in [3.05, 3.63) is 65.8 Å². The van der Waals surface area contributed by atoms with Crippen molar-refractivity contribution in [2.45, 2.75) is 6.54 Å². The third-order valence-corrected chi connectivity index (χ3v) is 3.54. The first-order chi connectivity index (χ1) is 8.97. The summed E-state index contributed by atoms with van der Waals surface area (Å²) in [4.78, 5) is 36.8. The van der Waals surface area contributed by atoms with Crippen LogP contribution in [0.25, 0.3) is 0 Å². The fourth-order valence-corrected chi connectivity index (χ4v) is 2.09. The molecular formula is C12H8Br2N2O3. The molecule has 1 aromatic carbocycles. The first-order valence-corrected chi connectivity index (χ1v) is 6.84. The summed E-state index contributed by atoms with van der Waals surface area (Å²) in [6.07, 6.45) is 1.30. The molecule has 0 aliphatic carbocycles. The minimum Gasteiger partial charge on any atom is -0.292 e. The number of nitrogens with one attached hydrogen (secondary N) is 1. The van der Waals surface area contributed by atoms with E-state index >= 15 is 0 Å². The van der Waals surface area contributed by atoms with Gasteiger partial charge in [0.25, 0.3) is 5.56 Å². The molecule has 1 aromatic heterocycles. The van der Waals surface area contributed by atoms with E-state index < -0.39 is 11.2 Å². The molecule has 0 unspecified atom stereocenters. The van der Waals surface area contributed by atoms with Crippen LogP contribution in [0.3, 0.4) is 0 Å². The SMILES string of the molecule is O=C(Cn1cc(Br)c(=O)[nH]c1=O)c1ccc(Br)cc1. The molecule has 0 fully saturated rings. The van der Waals surface area contributed by atoms with Crippen molar-refractivity contribution in [1.82, 2.24) is 9.55 Å². The van der Waals surface area contributed by atoms with Gasteiger partial charge in [-0.1, -0.05) is 28.1 Å². The summed E-state index contributed by atoms with van der Waals surface area (Å²) in [5, 5.41) is 0. The zero-order valence-electron chi connectivity index (χ0n) is 9.52. The molecule has 0 aliphatic rings. The third-order valence-electron chi connectivity index (χ3n) is 2.45. The minimum atomic E-state index is -0.612. The number of hydrogen-bond acceptors (Lipinski definition) is 3. The molecule has 0 bridgehead atoms. The highest BCUT2D eigenvalue weighted by molar-refractivity contribution is 9.10. The van der Waals surface area contributed by atoms with Gasteiger partial charge in [-0.2, -0.15) is 0 Å². The van der Waals surface area contributed by atoms with Crippen molar-refractivity contribution in [2.24, 2.45) is 0 Å². The Morgan fingerprint density at radius 2 is 1.79 bits per heavy atom. The van der Waals surface area contributed by atoms with E-state index in [-0.39, 0.29) is 16.8 Å². The van der Waals surface area contributed by atoms with Gasteiger partial charge in [-0.15, -0.1) is 0 Å². The van der Waals surface area contributed by atoms with Gasteiger partial charge in [0, 0.05) is 16.2 Å². The topological polar surface area (TPSA) is 71.9 Å². The molecule has 2 rings (SSSR count). The van der Waals surface area contributed by atoms with Crippen LogP contribution in [0.5, 0.6) is 0 Å². The predicted molar refractivity (Wildman–Crippen MR) is 77.5 cm³/mol. The maximum atomic E-state index is 12.0. The summed E-state index contributed by atoms with van der Waals surface area (Å²) >= 11 is 6.29. The number of aromatic nitrogens is 2. The second kappa shape index (κ2) is 5.66. The molecule has 1 heterocycles. The molecule has 0 radical (unpaired) electrons. The molecule has 98 valence electrons. The first-order valence-electron chi connectivity index (χ1n) is 5.25. The lowest BCUT2D eigenvalue weighted by Crippen LogP contribution is -2.31. The average Bonchev–Trinajstić information content (AvgIpc) is 2.36. The highest BCUT2D eigenvalue weighted by Crippen LogP contribution is 2.11. The summed E-state index contributed by atoms with van der Waals surface area (Å²) in [6, 6.07) is 6.83. The Labute approximate surface area is 124 Å². The fraction of sp³-hybridized carbons (Fsp3) is 0.0833. The number of carbonyl (C=O) groups is 1. The van der Waals surface area contributed by atoms with Crippen LogP contribution in [0.15, 0.2) is 49.0 Å². The molecule has 5 nitrogen and oxygen atoms in total. The molecule has 0 saturated carbocycles. The van der Waals surface area contributed by atoms with Crippen LogP contribution < -0.4 is 11.2 Å². The number of nitrogens with zero attached hydrogens (tertiary/aromatic N) is 1. The summed E-state index contributed by atoms with van der Waals surface area (Å²) in [5.41, 5.74) is -0.631. The Kier molecular flexibility index (Phi) is 4.16. The smallest absolute Gasteiger partial charge is 0.292 e. The number of Topliss-reactive ketones (excluding diaryl/α,β-unsaturated/α-hetero) is 1. The molecule has 0 aliphatic heterocycles. The molecule has 19 heavy (non-hydrogen) atoms. The Morgan fingerprint density at radius 1 is 1.16 bits per heavy atom. The molecule has 0 spiro atoms. The van der Waals surface area contributed by atoms with E-state index in [1.807, 2.05) is 0 Å². The average molecular weight is 388 g/mol. The lowest BCUT2D eigenvalue weighted by molar-refractivity contribution is 0.0970. The summed E-state index contributed by atoms with van der Waals surface area (Å²) in [6.45, 7) is -0.129. The van der Waals surface area contributed by atoms with Gasteiger partial charge in [-0.3, -0.25) is 19.1 Å². The van der Waals surface area contributed by atoms with Gasteiger partial charge < -0.3 is 0 Å².